The molecular weight excluding hydrogens is 248 g/mol. The Kier molecular flexibility index (Phi) is 3.84. The van der Waals surface area contributed by atoms with Crippen molar-refractivity contribution in [1.29, 1.82) is 0 Å². The monoisotopic (exact) mass is 261 g/mol. The molecule has 0 amide bonds. The van der Waals surface area contributed by atoms with E-state index in [0.29, 0.717) is 18.8 Å². The van der Waals surface area contributed by atoms with Gasteiger partial charge in [0, 0.05) is 19.5 Å². The summed E-state index contributed by atoms with van der Waals surface area (Å²) in [5.41, 5.74) is 0.441. The van der Waals surface area contributed by atoms with E-state index in [1.807, 2.05) is 0 Å². The molecule has 0 N–H and O–H groups in total. The van der Waals surface area contributed by atoms with Crippen molar-refractivity contribution < 1.29 is 13.5 Å². The summed E-state index contributed by atoms with van der Waals surface area (Å²) in [5, 5.41) is 0. The first kappa shape index (κ1) is 12.6. The van der Waals surface area contributed by atoms with Crippen LogP contribution in [0.3, 0.4) is 0 Å². The van der Waals surface area contributed by atoms with Gasteiger partial charge in [-0.25, -0.2) is 8.78 Å². The molecule has 1 aromatic carbocycles. The molecule has 1 saturated heterocycles. The molecule has 0 radical (unpaired) electrons. The Morgan fingerprint density at radius 2 is 2.06 bits per heavy atom. The first-order valence-electron chi connectivity index (χ1n) is 5.48. The van der Waals surface area contributed by atoms with E-state index in [9.17, 15) is 8.78 Å². The Morgan fingerprint density at radius 3 is 2.53 bits per heavy atom. The molecule has 0 aromatic heterocycles. The van der Waals surface area contributed by atoms with E-state index in [1.165, 1.54) is 12.1 Å². The van der Waals surface area contributed by atoms with Gasteiger partial charge in [-0.1, -0.05) is 0 Å². The lowest BCUT2D eigenvalue weighted by Gasteiger charge is -2.26. The molecule has 0 aliphatic carbocycles. The van der Waals surface area contributed by atoms with E-state index in [0.717, 1.165) is 6.42 Å². The number of rotatable bonds is 3. The summed E-state index contributed by atoms with van der Waals surface area (Å²) in [6.07, 6.45) is 0.784. The minimum absolute atomic E-state index is 0.00522. The summed E-state index contributed by atoms with van der Waals surface area (Å²) < 4.78 is 32.9. The molecule has 2 nitrogen and oxygen atoms in total. The standard InChI is InChI=1S/C12H14ClF2NO/c1-16(9-2-3-17-7-9)12-10(14)4-8(6-13)5-11(12)15/h4-5,9H,2-3,6-7H2,1H3. The zero-order chi connectivity index (χ0) is 12.4. The average Bonchev–Trinajstić information content (AvgIpc) is 2.81. The Hall–Kier alpha value is -0.870. The topological polar surface area (TPSA) is 12.5 Å². The molecule has 1 aromatic rings. The number of hydrogen-bond acceptors (Lipinski definition) is 2. The number of anilines is 1. The van der Waals surface area contributed by atoms with Gasteiger partial charge in [-0.2, -0.15) is 0 Å². The second-order valence-corrected chi connectivity index (χ2v) is 4.44. The second-order valence-electron chi connectivity index (χ2n) is 4.17. The highest BCUT2D eigenvalue weighted by Gasteiger charge is 2.25. The summed E-state index contributed by atoms with van der Waals surface area (Å²) >= 11 is 5.56. The molecule has 0 spiro atoms. The number of alkyl halides is 1. The fourth-order valence-corrected chi connectivity index (χ4v) is 2.20. The van der Waals surface area contributed by atoms with Gasteiger partial charge in [0.1, 0.15) is 17.3 Å². The third-order valence-electron chi connectivity index (χ3n) is 3.04. The number of benzene rings is 1. The van der Waals surface area contributed by atoms with E-state index in [-0.39, 0.29) is 17.6 Å². The number of halogens is 3. The lowest BCUT2D eigenvalue weighted by Crippen LogP contribution is -2.33. The molecule has 0 saturated carbocycles. The van der Waals surface area contributed by atoms with Crippen LogP contribution < -0.4 is 4.90 Å². The number of nitrogens with zero attached hydrogens (tertiary/aromatic N) is 1. The number of hydrogen-bond donors (Lipinski definition) is 0. The summed E-state index contributed by atoms with van der Waals surface area (Å²) in [4.78, 5) is 1.61. The summed E-state index contributed by atoms with van der Waals surface area (Å²) in [7, 11) is 1.68. The van der Waals surface area contributed by atoms with Gasteiger partial charge in [0.25, 0.3) is 0 Å². The molecule has 1 atom stereocenters. The minimum atomic E-state index is -0.574. The lowest BCUT2D eigenvalue weighted by atomic mass is 10.1. The van der Waals surface area contributed by atoms with Crippen molar-refractivity contribution in [3.63, 3.8) is 0 Å². The highest BCUT2D eigenvalue weighted by atomic mass is 35.5. The molecule has 1 aliphatic heterocycles. The molecule has 94 valence electrons. The Labute approximate surface area is 104 Å². The van der Waals surface area contributed by atoms with Crippen LogP contribution in [-0.2, 0) is 10.6 Å². The number of likely N-dealkylation sites (N-methyl/N-ethyl adjacent to an activating group) is 1. The molecule has 5 heteroatoms. The highest BCUT2D eigenvalue weighted by molar-refractivity contribution is 6.17. The van der Waals surface area contributed by atoms with E-state index in [2.05, 4.69) is 0 Å². The van der Waals surface area contributed by atoms with E-state index < -0.39 is 11.6 Å². The Morgan fingerprint density at radius 1 is 1.41 bits per heavy atom. The van der Waals surface area contributed by atoms with Gasteiger partial charge in [0.15, 0.2) is 0 Å². The molecule has 1 heterocycles. The van der Waals surface area contributed by atoms with Crippen LogP contribution in [0, 0.1) is 11.6 Å². The van der Waals surface area contributed by atoms with Crippen LogP contribution in [0.15, 0.2) is 12.1 Å². The number of ether oxygens (including phenoxy) is 1. The predicted molar refractivity (Wildman–Crippen MR) is 63.5 cm³/mol. The molecule has 1 aliphatic rings. The van der Waals surface area contributed by atoms with Crippen molar-refractivity contribution in [2.75, 3.05) is 25.2 Å². The van der Waals surface area contributed by atoms with Gasteiger partial charge in [0.05, 0.1) is 12.6 Å². The summed E-state index contributed by atoms with van der Waals surface area (Å²) in [5.74, 6) is -1.05. The summed E-state index contributed by atoms with van der Waals surface area (Å²) in [6, 6.07) is 2.58. The minimum Gasteiger partial charge on any atom is -0.379 e. The molecule has 1 fully saturated rings. The van der Waals surface area contributed by atoms with Crippen molar-refractivity contribution in [2.45, 2.75) is 18.3 Å². The van der Waals surface area contributed by atoms with Crippen LogP contribution in [0.1, 0.15) is 12.0 Å². The smallest absolute Gasteiger partial charge is 0.149 e. The predicted octanol–water partition coefficient (Wildman–Crippen LogP) is 2.93. The van der Waals surface area contributed by atoms with Crippen LogP contribution in [0.2, 0.25) is 0 Å². The summed E-state index contributed by atoms with van der Waals surface area (Å²) in [6.45, 7) is 1.14. The average molecular weight is 262 g/mol. The Balaban J connectivity index is 2.30. The third-order valence-corrected chi connectivity index (χ3v) is 3.35. The molecule has 1 unspecified atom stereocenters. The highest BCUT2D eigenvalue weighted by Crippen LogP contribution is 2.28. The van der Waals surface area contributed by atoms with Crippen molar-refractivity contribution in [2.24, 2.45) is 0 Å². The Bertz CT molecular complexity index is 384. The van der Waals surface area contributed by atoms with Crippen molar-refractivity contribution in [3.05, 3.63) is 29.3 Å². The van der Waals surface area contributed by atoms with Crippen LogP contribution in [0.25, 0.3) is 0 Å². The van der Waals surface area contributed by atoms with E-state index in [4.69, 9.17) is 16.3 Å². The van der Waals surface area contributed by atoms with Gasteiger partial charge in [-0.3, -0.25) is 0 Å². The normalized spacial score (nSPS) is 19.6. The SMILES string of the molecule is CN(c1c(F)cc(CCl)cc1F)C1CCOC1. The van der Waals surface area contributed by atoms with Gasteiger partial charge in [-0.15, -0.1) is 11.6 Å². The first-order valence-corrected chi connectivity index (χ1v) is 6.01. The van der Waals surface area contributed by atoms with Gasteiger partial charge in [0.2, 0.25) is 0 Å². The maximum Gasteiger partial charge on any atom is 0.149 e. The fraction of sp³-hybridized carbons (Fsp3) is 0.500. The molecule has 17 heavy (non-hydrogen) atoms. The van der Waals surface area contributed by atoms with E-state index in [1.54, 1.807) is 11.9 Å². The lowest BCUT2D eigenvalue weighted by molar-refractivity contribution is 0.193. The van der Waals surface area contributed by atoms with Crippen molar-refractivity contribution >= 4 is 17.3 Å². The molecule has 2 rings (SSSR count). The van der Waals surface area contributed by atoms with Crippen LogP contribution in [-0.4, -0.2) is 26.3 Å². The van der Waals surface area contributed by atoms with Crippen molar-refractivity contribution in [3.8, 4) is 0 Å². The van der Waals surface area contributed by atoms with Crippen LogP contribution in [0.5, 0.6) is 0 Å². The fourth-order valence-electron chi connectivity index (χ4n) is 2.04. The molecular formula is C12H14ClF2NO. The quantitative estimate of drug-likeness (QED) is 0.776. The molecule has 0 bridgehead atoms. The zero-order valence-corrected chi connectivity index (χ0v) is 10.3. The van der Waals surface area contributed by atoms with Gasteiger partial charge in [-0.05, 0) is 24.1 Å². The van der Waals surface area contributed by atoms with Crippen LogP contribution >= 0.6 is 11.6 Å². The van der Waals surface area contributed by atoms with Crippen LogP contribution in [0.4, 0.5) is 14.5 Å². The first-order chi connectivity index (χ1) is 8.13. The maximum atomic E-state index is 13.8. The van der Waals surface area contributed by atoms with Gasteiger partial charge < -0.3 is 9.64 Å². The van der Waals surface area contributed by atoms with E-state index >= 15 is 0 Å². The largest absolute Gasteiger partial charge is 0.379 e. The second kappa shape index (κ2) is 5.19. The van der Waals surface area contributed by atoms with Gasteiger partial charge >= 0.3 is 0 Å². The van der Waals surface area contributed by atoms with Crippen molar-refractivity contribution in [1.82, 2.24) is 0 Å². The zero-order valence-electron chi connectivity index (χ0n) is 9.55. The third kappa shape index (κ3) is 2.53. The maximum absolute atomic E-state index is 13.8.